The number of para-hydroxylation sites is 2. The Morgan fingerprint density at radius 2 is 0.922 bits per heavy atom. The van der Waals surface area contributed by atoms with E-state index in [9.17, 15) is 0 Å². The molecule has 9 aromatic rings. The molecule has 0 bridgehead atoms. The van der Waals surface area contributed by atoms with Gasteiger partial charge in [-0.05, 0) is 114 Å². The van der Waals surface area contributed by atoms with Crippen molar-refractivity contribution in [1.82, 2.24) is 4.98 Å². The first-order chi connectivity index (χ1) is 25.1. The zero-order valence-electron chi connectivity index (χ0n) is 28.8. The maximum atomic E-state index is 6.05. The third kappa shape index (κ3) is 6.44. The van der Waals surface area contributed by atoms with Crippen LogP contribution in [-0.2, 0) is 25.7 Å². The second-order valence-corrected chi connectivity index (χ2v) is 14.1. The summed E-state index contributed by atoms with van der Waals surface area (Å²) in [5, 5.41) is 4.78. The lowest BCUT2D eigenvalue weighted by atomic mass is 9.92. The molecule has 3 aromatic heterocycles. The third-order valence-electron chi connectivity index (χ3n) is 10.2. The van der Waals surface area contributed by atoms with E-state index in [1.807, 2.05) is 36.7 Å². The topological polar surface area (TPSA) is 39.2 Å². The fraction of sp³-hybridized carbons (Fsp3) is 0.146. The zero-order valence-corrected chi connectivity index (χ0v) is 28.8. The lowest BCUT2D eigenvalue weighted by Crippen LogP contribution is -2.04. The van der Waals surface area contributed by atoms with Crippen LogP contribution in [0.5, 0.6) is 0 Å². The Bertz CT molecular complexity index is 2660. The number of furan rings is 2. The molecular formula is C48H39NO2. The number of aromatic nitrogens is 1. The second kappa shape index (κ2) is 13.4. The number of hydrogen-bond acceptors (Lipinski definition) is 3. The van der Waals surface area contributed by atoms with Crippen LogP contribution in [-0.4, -0.2) is 4.98 Å². The molecule has 3 heteroatoms. The van der Waals surface area contributed by atoms with Crippen molar-refractivity contribution < 1.29 is 8.83 Å². The summed E-state index contributed by atoms with van der Waals surface area (Å²) in [4.78, 5) is 4.68. The molecule has 0 aliphatic carbocycles. The van der Waals surface area contributed by atoms with Crippen LogP contribution in [0.15, 0.2) is 161 Å². The Morgan fingerprint density at radius 1 is 0.431 bits per heavy atom. The van der Waals surface area contributed by atoms with Gasteiger partial charge >= 0.3 is 0 Å². The third-order valence-corrected chi connectivity index (χ3v) is 10.2. The van der Waals surface area contributed by atoms with E-state index in [1.165, 1.54) is 54.9 Å². The summed E-state index contributed by atoms with van der Waals surface area (Å²) in [6.07, 6.45) is 9.15. The van der Waals surface area contributed by atoms with Crippen molar-refractivity contribution in [2.45, 2.75) is 39.0 Å². The molecule has 248 valence electrons. The van der Waals surface area contributed by atoms with E-state index in [-0.39, 0.29) is 0 Å². The normalized spacial score (nSPS) is 12.3. The minimum Gasteiger partial charge on any atom is -0.456 e. The lowest BCUT2D eigenvalue weighted by Gasteiger charge is -2.13. The molecular weight excluding hydrogens is 623 g/mol. The number of rotatable bonds is 10. The van der Waals surface area contributed by atoms with Crippen molar-refractivity contribution in [2.75, 3.05) is 0 Å². The minimum atomic E-state index is 0.497. The van der Waals surface area contributed by atoms with Gasteiger partial charge in [0.15, 0.2) is 0 Å². The molecule has 0 radical (unpaired) electrons. The van der Waals surface area contributed by atoms with Crippen LogP contribution in [0.4, 0.5) is 0 Å². The molecule has 0 amide bonds. The Hall–Kier alpha value is -5.93. The highest BCUT2D eigenvalue weighted by molar-refractivity contribution is 6.05. The fourth-order valence-corrected chi connectivity index (χ4v) is 7.74. The summed E-state index contributed by atoms with van der Waals surface area (Å²) in [5.41, 5.74) is 13.9. The van der Waals surface area contributed by atoms with Crippen molar-refractivity contribution in [3.05, 3.63) is 174 Å². The van der Waals surface area contributed by atoms with Gasteiger partial charge in [-0.3, -0.25) is 4.98 Å². The molecule has 1 unspecified atom stereocenters. The predicted molar refractivity (Wildman–Crippen MR) is 211 cm³/mol. The number of nitrogens with zero attached hydrogens (tertiary/aromatic N) is 1. The molecule has 0 fully saturated rings. The highest BCUT2D eigenvalue weighted by atomic mass is 16.3. The lowest BCUT2D eigenvalue weighted by molar-refractivity contribution is 0.577. The fourth-order valence-electron chi connectivity index (χ4n) is 7.74. The van der Waals surface area contributed by atoms with Crippen LogP contribution in [0.1, 0.15) is 35.6 Å². The number of hydrogen-bond donors (Lipinski definition) is 0. The number of benzene rings is 6. The van der Waals surface area contributed by atoms with E-state index in [1.54, 1.807) is 0 Å². The SMILES string of the molecule is CC(Cc1cccc(-c2cncc(-c3cccc(CCCc4ccc5oc6ccccc6c5c4)c3)c2)c1)Cc1ccc2oc3ccccc3c2c1. The summed E-state index contributed by atoms with van der Waals surface area (Å²) in [7, 11) is 0. The number of fused-ring (bicyclic) bond motifs is 6. The monoisotopic (exact) mass is 661 g/mol. The van der Waals surface area contributed by atoms with Gasteiger partial charge < -0.3 is 8.83 Å². The van der Waals surface area contributed by atoms with Gasteiger partial charge in [-0.1, -0.05) is 104 Å². The first-order valence-corrected chi connectivity index (χ1v) is 18.1. The maximum absolute atomic E-state index is 6.05. The summed E-state index contributed by atoms with van der Waals surface area (Å²) >= 11 is 0. The molecule has 6 aromatic carbocycles. The van der Waals surface area contributed by atoms with E-state index in [2.05, 4.69) is 127 Å². The van der Waals surface area contributed by atoms with Gasteiger partial charge in [0.2, 0.25) is 0 Å². The van der Waals surface area contributed by atoms with Crippen LogP contribution in [0.3, 0.4) is 0 Å². The molecule has 9 rings (SSSR count). The average Bonchev–Trinajstić information content (AvgIpc) is 3.73. The van der Waals surface area contributed by atoms with Gasteiger partial charge in [0.1, 0.15) is 22.3 Å². The first-order valence-electron chi connectivity index (χ1n) is 18.1. The Balaban J connectivity index is 0.863. The van der Waals surface area contributed by atoms with Crippen molar-refractivity contribution in [3.8, 4) is 22.3 Å². The van der Waals surface area contributed by atoms with Gasteiger partial charge in [-0.2, -0.15) is 0 Å². The van der Waals surface area contributed by atoms with Crippen LogP contribution in [0.2, 0.25) is 0 Å². The van der Waals surface area contributed by atoms with Crippen molar-refractivity contribution in [2.24, 2.45) is 5.92 Å². The van der Waals surface area contributed by atoms with Gasteiger partial charge in [0, 0.05) is 45.1 Å². The Morgan fingerprint density at radius 3 is 1.57 bits per heavy atom. The summed E-state index contributed by atoms with van der Waals surface area (Å²) in [5.74, 6) is 0.497. The first kappa shape index (κ1) is 31.1. The summed E-state index contributed by atoms with van der Waals surface area (Å²) in [6.45, 7) is 2.35. The van der Waals surface area contributed by atoms with Crippen LogP contribution < -0.4 is 0 Å². The van der Waals surface area contributed by atoms with E-state index >= 15 is 0 Å². The highest BCUT2D eigenvalue weighted by Crippen LogP contribution is 2.32. The molecule has 0 aliphatic rings. The maximum Gasteiger partial charge on any atom is 0.135 e. The average molecular weight is 662 g/mol. The second-order valence-electron chi connectivity index (χ2n) is 14.1. The van der Waals surface area contributed by atoms with Crippen molar-refractivity contribution in [3.63, 3.8) is 0 Å². The summed E-state index contributed by atoms with van der Waals surface area (Å²) in [6, 6.07) is 50.1. The molecule has 0 N–H and O–H groups in total. The standard InChI is InChI=1S/C48H39NO2/c1-32(24-36-20-22-48-44(28-36)42-16-3-5-18-46(42)51-48)23-35-12-8-14-38(26-35)40-29-39(30-49-31-40)37-13-7-11-33(25-37)9-6-10-34-19-21-47-43(27-34)41-15-2-4-17-45(41)50-47/h2-5,7-8,11-22,25-32H,6,9-10,23-24H2,1H3. The smallest absolute Gasteiger partial charge is 0.135 e. The van der Waals surface area contributed by atoms with Gasteiger partial charge in [-0.25, -0.2) is 0 Å². The van der Waals surface area contributed by atoms with Crippen LogP contribution in [0.25, 0.3) is 66.1 Å². The van der Waals surface area contributed by atoms with Crippen molar-refractivity contribution in [1.29, 1.82) is 0 Å². The quantitative estimate of drug-likeness (QED) is 0.146. The Labute approximate surface area is 298 Å². The molecule has 51 heavy (non-hydrogen) atoms. The summed E-state index contributed by atoms with van der Waals surface area (Å²) < 4.78 is 12.1. The van der Waals surface area contributed by atoms with Gasteiger partial charge in [0.25, 0.3) is 0 Å². The molecule has 0 spiro atoms. The van der Waals surface area contributed by atoms with Crippen LogP contribution in [0, 0.1) is 5.92 Å². The zero-order chi connectivity index (χ0) is 34.1. The molecule has 3 heterocycles. The van der Waals surface area contributed by atoms with E-state index in [4.69, 9.17) is 8.83 Å². The van der Waals surface area contributed by atoms with E-state index in [0.29, 0.717) is 5.92 Å². The molecule has 0 saturated carbocycles. The highest BCUT2D eigenvalue weighted by Gasteiger charge is 2.12. The molecule has 1 atom stereocenters. The van der Waals surface area contributed by atoms with E-state index < -0.39 is 0 Å². The number of aryl methyl sites for hydroxylation is 2. The van der Waals surface area contributed by atoms with Crippen molar-refractivity contribution >= 4 is 43.9 Å². The molecule has 0 aliphatic heterocycles. The van der Waals surface area contributed by atoms with Gasteiger partial charge in [0.05, 0.1) is 0 Å². The molecule has 0 saturated heterocycles. The minimum absolute atomic E-state index is 0.497. The van der Waals surface area contributed by atoms with Crippen LogP contribution >= 0.6 is 0 Å². The van der Waals surface area contributed by atoms with E-state index in [0.717, 1.165) is 65.6 Å². The predicted octanol–water partition coefficient (Wildman–Crippen LogP) is 12.8. The Kier molecular flexibility index (Phi) is 8.17. The van der Waals surface area contributed by atoms with Gasteiger partial charge in [-0.15, -0.1) is 0 Å². The largest absolute Gasteiger partial charge is 0.456 e. The number of pyridine rings is 1. The molecule has 3 nitrogen and oxygen atoms in total.